The lowest BCUT2D eigenvalue weighted by molar-refractivity contribution is 0.241. The smallest absolute Gasteiger partial charge is 0.222 e. The van der Waals surface area contributed by atoms with Crippen molar-refractivity contribution in [1.82, 2.24) is 5.01 Å². The van der Waals surface area contributed by atoms with Crippen LogP contribution in [0.25, 0.3) is 0 Å². The van der Waals surface area contributed by atoms with E-state index < -0.39 is 0 Å². The molecule has 0 aromatic heterocycles. The summed E-state index contributed by atoms with van der Waals surface area (Å²) < 4.78 is 0. The van der Waals surface area contributed by atoms with E-state index in [-0.39, 0.29) is 5.96 Å². The first-order valence-corrected chi connectivity index (χ1v) is 4.04. The molecule has 12 heavy (non-hydrogen) atoms. The zero-order chi connectivity index (χ0) is 8.81. The van der Waals surface area contributed by atoms with Crippen LogP contribution in [-0.4, -0.2) is 30.1 Å². The van der Waals surface area contributed by atoms with E-state index in [0.717, 1.165) is 13.1 Å². The monoisotopic (exact) mass is 167 g/mol. The highest BCUT2D eigenvalue weighted by Gasteiger charge is 2.05. The van der Waals surface area contributed by atoms with E-state index in [1.54, 1.807) is 0 Å². The molecule has 0 spiro atoms. The Bertz CT molecular complexity index is 210. The van der Waals surface area contributed by atoms with Gasteiger partial charge in [-0.2, -0.15) is 0 Å². The minimum absolute atomic E-state index is 0.254. The number of piperidine rings is 1. The zero-order valence-corrected chi connectivity index (χ0v) is 6.95. The topological polar surface area (TPSA) is 77.8 Å². The molecule has 5 heteroatoms. The van der Waals surface area contributed by atoms with Crippen LogP contribution in [0.4, 0.5) is 0 Å². The molecule has 1 fully saturated rings. The molecular weight excluding hydrogens is 154 g/mol. The minimum atomic E-state index is -0.254. The Balaban J connectivity index is 2.38. The van der Waals surface area contributed by atoms with E-state index in [4.69, 9.17) is 11.1 Å². The maximum absolute atomic E-state index is 6.78. The van der Waals surface area contributed by atoms with Crippen LogP contribution in [0, 0.1) is 5.41 Å². The first kappa shape index (κ1) is 8.74. The molecule has 0 radical (unpaired) electrons. The van der Waals surface area contributed by atoms with Gasteiger partial charge in [0, 0.05) is 13.1 Å². The fourth-order valence-electron chi connectivity index (χ4n) is 1.12. The lowest BCUT2D eigenvalue weighted by atomic mass is 10.2. The maximum Gasteiger partial charge on any atom is 0.222 e. The lowest BCUT2D eigenvalue weighted by Gasteiger charge is -2.21. The van der Waals surface area contributed by atoms with Crippen LogP contribution < -0.4 is 5.73 Å². The van der Waals surface area contributed by atoms with Crippen molar-refractivity contribution in [2.75, 3.05) is 13.1 Å². The Hall–Kier alpha value is -1.35. The molecule has 0 atom stereocenters. The highest BCUT2D eigenvalue weighted by atomic mass is 15.4. The van der Waals surface area contributed by atoms with Crippen LogP contribution in [-0.2, 0) is 0 Å². The van der Waals surface area contributed by atoms with Gasteiger partial charge in [-0.05, 0) is 19.3 Å². The molecule has 5 nitrogen and oxygen atoms in total. The van der Waals surface area contributed by atoms with Gasteiger partial charge in [0.05, 0.1) is 0 Å². The molecule has 0 aromatic carbocycles. The first-order chi connectivity index (χ1) is 5.79. The molecule has 1 aliphatic rings. The highest BCUT2D eigenvalue weighted by Crippen LogP contribution is 2.07. The Kier molecular flexibility index (Phi) is 3.29. The van der Waals surface area contributed by atoms with Crippen LogP contribution in [0.3, 0.4) is 0 Å². The van der Waals surface area contributed by atoms with Gasteiger partial charge >= 0.3 is 0 Å². The van der Waals surface area contributed by atoms with Gasteiger partial charge in [-0.15, -0.1) is 10.1 Å². The van der Waals surface area contributed by atoms with Crippen LogP contribution in [0.2, 0.25) is 0 Å². The molecule has 1 heterocycles. The van der Waals surface area contributed by atoms with Gasteiger partial charge in [0.1, 0.15) is 6.01 Å². The van der Waals surface area contributed by atoms with Gasteiger partial charge < -0.3 is 5.73 Å². The third kappa shape index (κ3) is 3.16. The molecule has 66 valence electrons. The van der Waals surface area contributed by atoms with Crippen molar-refractivity contribution in [3.8, 4) is 0 Å². The molecule has 0 amide bonds. The van der Waals surface area contributed by atoms with Gasteiger partial charge in [-0.25, -0.2) is 0 Å². The van der Waals surface area contributed by atoms with Crippen molar-refractivity contribution in [2.24, 2.45) is 15.8 Å². The average molecular weight is 167 g/mol. The summed E-state index contributed by atoms with van der Waals surface area (Å²) in [6.45, 7) is 1.92. The number of nitrogens with zero attached hydrogens (tertiary/aromatic N) is 3. The second kappa shape index (κ2) is 4.51. The number of guanidine groups is 1. The van der Waals surface area contributed by atoms with Gasteiger partial charge in [-0.1, -0.05) is 0 Å². The summed E-state index contributed by atoms with van der Waals surface area (Å²) in [4.78, 5) is 3.42. The van der Waals surface area contributed by atoms with Gasteiger partial charge in [0.15, 0.2) is 0 Å². The summed E-state index contributed by atoms with van der Waals surface area (Å²) in [5.74, 6) is -0.254. The highest BCUT2D eigenvalue weighted by molar-refractivity contribution is 5.80. The number of nitrogens with one attached hydrogen (secondary N) is 1. The van der Waals surface area contributed by atoms with Crippen LogP contribution in [0.1, 0.15) is 19.3 Å². The standard InChI is InChI=1S/C7H13N5/c8-7(9)10-6-11-12-4-2-1-3-5-12/h1-5H2,(H3,8,9). The SMILES string of the molecule is N=C(N)N=C=NN1CCCCC1. The molecule has 1 rings (SSSR count). The summed E-state index contributed by atoms with van der Waals surface area (Å²) in [7, 11) is 0. The van der Waals surface area contributed by atoms with Crippen molar-refractivity contribution < 1.29 is 0 Å². The van der Waals surface area contributed by atoms with Crippen LogP contribution >= 0.6 is 0 Å². The Labute approximate surface area is 71.5 Å². The molecule has 0 aliphatic carbocycles. The first-order valence-electron chi connectivity index (χ1n) is 4.04. The molecule has 3 N–H and O–H groups in total. The molecule has 1 aliphatic heterocycles. The van der Waals surface area contributed by atoms with Crippen molar-refractivity contribution in [3.05, 3.63) is 0 Å². The summed E-state index contributed by atoms with van der Waals surface area (Å²) in [6, 6.07) is 2.38. The Morgan fingerprint density at radius 1 is 1.33 bits per heavy atom. The minimum Gasteiger partial charge on any atom is -0.368 e. The van der Waals surface area contributed by atoms with Gasteiger partial charge in [0.25, 0.3) is 0 Å². The molecule has 1 saturated heterocycles. The second-order valence-corrected chi connectivity index (χ2v) is 2.71. The quantitative estimate of drug-likeness (QED) is 0.439. The predicted octanol–water partition coefficient (Wildman–Crippen LogP) is 0.455. The van der Waals surface area contributed by atoms with Crippen LogP contribution in [0.5, 0.6) is 0 Å². The van der Waals surface area contributed by atoms with E-state index >= 15 is 0 Å². The Morgan fingerprint density at radius 3 is 2.58 bits per heavy atom. The lowest BCUT2D eigenvalue weighted by Crippen LogP contribution is -2.24. The molecule has 0 saturated carbocycles. The zero-order valence-electron chi connectivity index (χ0n) is 6.95. The van der Waals surface area contributed by atoms with Gasteiger partial charge in [-0.3, -0.25) is 10.4 Å². The molecular formula is C7H13N5. The predicted molar refractivity (Wildman–Crippen MR) is 47.2 cm³/mol. The third-order valence-corrected chi connectivity index (χ3v) is 1.69. The molecule has 0 aromatic rings. The number of rotatable bonds is 1. The van der Waals surface area contributed by atoms with Gasteiger partial charge in [0.2, 0.25) is 5.96 Å². The van der Waals surface area contributed by atoms with Crippen molar-refractivity contribution in [1.29, 1.82) is 5.41 Å². The van der Waals surface area contributed by atoms with Crippen molar-refractivity contribution >= 4 is 12.0 Å². The number of hydrogen-bond acceptors (Lipinski definition) is 3. The van der Waals surface area contributed by atoms with E-state index in [1.165, 1.54) is 19.3 Å². The third-order valence-electron chi connectivity index (χ3n) is 1.69. The molecule has 0 unspecified atom stereocenters. The molecule has 0 bridgehead atoms. The average Bonchev–Trinajstić information content (AvgIpc) is 2.05. The number of hydrazone groups is 1. The summed E-state index contributed by atoms with van der Waals surface area (Å²) in [5, 5.41) is 12.6. The second-order valence-electron chi connectivity index (χ2n) is 2.71. The van der Waals surface area contributed by atoms with E-state index in [9.17, 15) is 0 Å². The largest absolute Gasteiger partial charge is 0.368 e. The van der Waals surface area contributed by atoms with Crippen molar-refractivity contribution in [2.45, 2.75) is 19.3 Å². The summed E-state index contributed by atoms with van der Waals surface area (Å²) in [5.41, 5.74) is 4.98. The number of hydrogen-bond donors (Lipinski definition) is 2. The maximum atomic E-state index is 6.78. The van der Waals surface area contributed by atoms with E-state index in [0.29, 0.717) is 0 Å². The number of aliphatic imine (C=N–C) groups is 1. The van der Waals surface area contributed by atoms with E-state index in [1.807, 2.05) is 5.01 Å². The van der Waals surface area contributed by atoms with Crippen molar-refractivity contribution in [3.63, 3.8) is 0 Å². The fraction of sp³-hybridized carbons (Fsp3) is 0.714. The summed E-state index contributed by atoms with van der Waals surface area (Å²) in [6.07, 6.45) is 3.62. The Morgan fingerprint density at radius 2 is 2.00 bits per heavy atom. The summed E-state index contributed by atoms with van der Waals surface area (Å²) >= 11 is 0. The number of nitrogens with two attached hydrogens (primary N) is 1. The fourth-order valence-corrected chi connectivity index (χ4v) is 1.12. The normalized spacial score (nSPS) is 16.5. The van der Waals surface area contributed by atoms with Crippen LogP contribution in [0.15, 0.2) is 10.1 Å². The van der Waals surface area contributed by atoms with E-state index in [2.05, 4.69) is 16.1 Å².